The summed E-state index contributed by atoms with van der Waals surface area (Å²) in [5.74, 6) is -0.600. The van der Waals surface area contributed by atoms with Gasteiger partial charge in [-0.15, -0.1) is 0 Å². The number of carbonyl (C=O) groups excluding carboxylic acids is 3. The highest BCUT2D eigenvalue weighted by molar-refractivity contribution is 6.21. The molecule has 2 aliphatic heterocycles. The fourth-order valence-electron chi connectivity index (χ4n) is 3.30. The lowest BCUT2D eigenvalue weighted by molar-refractivity contribution is -0.135. The number of piperazine rings is 1. The van der Waals surface area contributed by atoms with Crippen LogP contribution in [0.5, 0.6) is 0 Å². The standard InChI is InChI=1S/C17H21N3O3/c1-12-11-18(2)9-10-19(12)15(21)7-8-20-16(22)13-5-3-4-6-14(13)17(20)23/h3-6,12H,7-11H2,1-2H3. The van der Waals surface area contributed by atoms with Crippen molar-refractivity contribution in [3.05, 3.63) is 35.4 Å². The van der Waals surface area contributed by atoms with Crippen molar-refractivity contribution in [2.75, 3.05) is 33.2 Å². The largest absolute Gasteiger partial charge is 0.337 e. The van der Waals surface area contributed by atoms with Crippen LogP contribution in [-0.4, -0.2) is 71.7 Å². The van der Waals surface area contributed by atoms with Gasteiger partial charge in [-0.3, -0.25) is 19.3 Å². The zero-order chi connectivity index (χ0) is 16.6. The maximum absolute atomic E-state index is 12.4. The Hall–Kier alpha value is -2.21. The lowest BCUT2D eigenvalue weighted by Gasteiger charge is -2.38. The average Bonchev–Trinajstić information content (AvgIpc) is 2.77. The van der Waals surface area contributed by atoms with Crippen LogP contribution in [0.4, 0.5) is 0 Å². The first-order valence-corrected chi connectivity index (χ1v) is 7.92. The van der Waals surface area contributed by atoms with Gasteiger partial charge in [-0.2, -0.15) is 0 Å². The number of nitrogens with zero attached hydrogens (tertiary/aromatic N) is 3. The molecular weight excluding hydrogens is 294 g/mol. The van der Waals surface area contributed by atoms with Crippen LogP contribution >= 0.6 is 0 Å². The van der Waals surface area contributed by atoms with Crippen molar-refractivity contribution in [2.45, 2.75) is 19.4 Å². The van der Waals surface area contributed by atoms with E-state index in [4.69, 9.17) is 0 Å². The minimum absolute atomic E-state index is 0.00200. The molecule has 0 radical (unpaired) electrons. The molecule has 3 amide bonds. The minimum Gasteiger partial charge on any atom is -0.337 e. The van der Waals surface area contributed by atoms with Crippen molar-refractivity contribution in [1.29, 1.82) is 0 Å². The van der Waals surface area contributed by atoms with E-state index in [-0.39, 0.29) is 36.7 Å². The van der Waals surface area contributed by atoms with E-state index in [1.165, 1.54) is 4.90 Å². The van der Waals surface area contributed by atoms with Crippen LogP contribution < -0.4 is 0 Å². The molecule has 1 aromatic carbocycles. The van der Waals surface area contributed by atoms with Crippen LogP contribution in [0.2, 0.25) is 0 Å². The maximum Gasteiger partial charge on any atom is 0.261 e. The predicted octanol–water partition coefficient (Wildman–Crippen LogP) is 0.835. The second-order valence-electron chi connectivity index (χ2n) is 6.26. The molecule has 0 spiro atoms. The molecule has 0 bridgehead atoms. The van der Waals surface area contributed by atoms with Gasteiger partial charge < -0.3 is 9.80 Å². The number of imide groups is 1. The van der Waals surface area contributed by atoms with Gasteiger partial charge in [-0.1, -0.05) is 12.1 Å². The molecule has 0 N–H and O–H groups in total. The fraction of sp³-hybridized carbons (Fsp3) is 0.471. The monoisotopic (exact) mass is 315 g/mol. The van der Waals surface area contributed by atoms with Gasteiger partial charge in [0.25, 0.3) is 11.8 Å². The Morgan fingerprint density at radius 1 is 1.13 bits per heavy atom. The zero-order valence-corrected chi connectivity index (χ0v) is 13.5. The first kappa shape index (κ1) is 15.7. The molecule has 1 atom stereocenters. The summed E-state index contributed by atoms with van der Waals surface area (Å²) in [6.07, 6.45) is 0.180. The van der Waals surface area contributed by atoms with Gasteiger partial charge >= 0.3 is 0 Å². The Bertz CT molecular complexity index is 623. The second-order valence-corrected chi connectivity index (χ2v) is 6.26. The van der Waals surface area contributed by atoms with Crippen molar-refractivity contribution in [1.82, 2.24) is 14.7 Å². The molecule has 23 heavy (non-hydrogen) atoms. The number of hydrogen-bond donors (Lipinski definition) is 0. The smallest absolute Gasteiger partial charge is 0.261 e. The molecule has 0 aromatic heterocycles. The van der Waals surface area contributed by atoms with E-state index in [0.29, 0.717) is 17.7 Å². The Balaban J connectivity index is 1.62. The Morgan fingerprint density at radius 3 is 2.30 bits per heavy atom. The molecule has 0 saturated carbocycles. The first-order valence-electron chi connectivity index (χ1n) is 7.92. The Labute approximate surface area is 135 Å². The lowest BCUT2D eigenvalue weighted by Crippen LogP contribution is -2.53. The van der Waals surface area contributed by atoms with E-state index in [1.54, 1.807) is 24.3 Å². The molecule has 1 fully saturated rings. The third-order valence-electron chi connectivity index (χ3n) is 4.58. The van der Waals surface area contributed by atoms with Gasteiger partial charge in [0.1, 0.15) is 0 Å². The number of likely N-dealkylation sites (N-methyl/N-ethyl adjacent to an activating group) is 1. The molecule has 1 saturated heterocycles. The number of benzene rings is 1. The molecule has 6 heteroatoms. The van der Waals surface area contributed by atoms with E-state index in [9.17, 15) is 14.4 Å². The van der Waals surface area contributed by atoms with Crippen LogP contribution in [0.1, 0.15) is 34.1 Å². The lowest BCUT2D eigenvalue weighted by atomic mass is 10.1. The molecular formula is C17H21N3O3. The maximum atomic E-state index is 12.4. The van der Waals surface area contributed by atoms with Gasteiger partial charge in [-0.25, -0.2) is 0 Å². The van der Waals surface area contributed by atoms with Crippen LogP contribution in [0.15, 0.2) is 24.3 Å². The molecule has 6 nitrogen and oxygen atoms in total. The number of carbonyl (C=O) groups is 3. The van der Waals surface area contributed by atoms with Crippen LogP contribution in [-0.2, 0) is 4.79 Å². The predicted molar refractivity (Wildman–Crippen MR) is 85.1 cm³/mol. The molecule has 122 valence electrons. The highest BCUT2D eigenvalue weighted by Gasteiger charge is 2.35. The Morgan fingerprint density at radius 2 is 1.74 bits per heavy atom. The van der Waals surface area contributed by atoms with Crippen molar-refractivity contribution < 1.29 is 14.4 Å². The van der Waals surface area contributed by atoms with Crippen molar-refractivity contribution >= 4 is 17.7 Å². The summed E-state index contributed by atoms with van der Waals surface area (Å²) in [7, 11) is 2.04. The number of fused-ring (bicyclic) bond motifs is 1. The van der Waals surface area contributed by atoms with Crippen molar-refractivity contribution in [2.24, 2.45) is 0 Å². The van der Waals surface area contributed by atoms with E-state index < -0.39 is 0 Å². The third kappa shape index (κ3) is 2.86. The third-order valence-corrected chi connectivity index (χ3v) is 4.58. The van der Waals surface area contributed by atoms with Crippen LogP contribution in [0.25, 0.3) is 0 Å². The summed E-state index contributed by atoms with van der Waals surface area (Å²) < 4.78 is 0. The molecule has 1 aromatic rings. The van der Waals surface area contributed by atoms with E-state index in [2.05, 4.69) is 4.90 Å². The highest BCUT2D eigenvalue weighted by Crippen LogP contribution is 2.22. The van der Waals surface area contributed by atoms with Crippen molar-refractivity contribution in [3.63, 3.8) is 0 Å². The minimum atomic E-state index is -0.301. The fourth-order valence-corrected chi connectivity index (χ4v) is 3.30. The quantitative estimate of drug-likeness (QED) is 0.776. The van der Waals surface area contributed by atoms with Gasteiger partial charge in [0.15, 0.2) is 0 Å². The van der Waals surface area contributed by atoms with E-state index in [1.807, 2.05) is 18.9 Å². The molecule has 1 unspecified atom stereocenters. The normalized spacial score (nSPS) is 21.7. The molecule has 2 aliphatic rings. The van der Waals surface area contributed by atoms with Gasteiger partial charge in [0, 0.05) is 38.6 Å². The number of amides is 3. The van der Waals surface area contributed by atoms with E-state index >= 15 is 0 Å². The molecule has 2 heterocycles. The molecule has 0 aliphatic carbocycles. The first-order chi connectivity index (χ1) is 11.0. The molecule has 3 rings (SSSR count). The van der Waals surface area contributed by atoms with E-state index in [0.717, 1.165) is 13.1 Å². The summed E-state index contributed by atoms with van der Waals surface area (Å²) in [5, 5.41) is 0. The summed E-state index contributed by atoms with van der Waals surface area (Å²) in [5.41, 5.74) is 0.857. The zero-order valence-electron chi connectivity index (χ0n) is 13.5. The van der Waals surface area contributed by atoms with Gasteiger partial charge in [-0.05, 0) is 26.1 Å². The van der Waals surface area contributed by atoms with Gasteiger partial charge in [0.2, 0.25) is 5.91 Å². The summed E-state index contributed by atoms with van der Waals surface area (Å²) >= 11 is 0. The van der Waals surface area contributed by atoms with Crippen LogP contribution in [0.3, 0.4) is 0 Å². The van der Waals surface area contributed by atoms with Crippen molar-refractivity contribution in [3.8, 4) is 0 Å². The second kappa shape index (κ2) is 6.12. The summed E-state index contributed by atoms with van der Waals surface area (Å²) in [6.45, 7) is 4.56. The average molecular weight is 315 g/mol. The highest BCUT2D eigenvalue weighted by atomic mass is 16.2. The number of hydrogen-bond acceptors (Lipinski definition) is 4. The Kier molecular flexibility index (Phi) is 4.17. The van der Waals surface area contributed by atoms with Gasteiger partial charge in [0.05, 0.1) is 11.1 Å². The van der Waals surface area contributed by atoms with Crippen LogP contribution in [0, 0.1) is 0 Å². The summed E-state index contributed by atoms with van der Waals surface area (Å²) in [6, 6.07) is 6.94. The topological polar surface area (TPSA) is 60.9 Å². The SMILES string of the molecule is CC1CN(C)CCN1C(=O)CCN1C(=O)c2ccccc2C1=O. The summed E-state index contributed by atoms with van der Waals surface area (Å²) in [4.78, 5) is 42.2. The number of rotatable bonds is 3.